The molecule has 102 valence electrons. The normalized spacial score (nSPS) is 10.8. The van der Waals surface area contributed by atoms with Crippen molar-refractivity contribution in [1.29, 1.82) is 0 Å². The Morgan fingerprint density at radius 1 is 1.30 bits per heavy atom. The number of pyridine rings is 1. The summed E-state index contributed by atoms with van der Waals surface area (Å²) in [6, 6.07) is 5.99. The van der Waals surface area contributed by atoms with Gasteiger partial charge in [0.2, 0.25) is 0 Å². The number of aromatic nitrogens is 2. The largest absolute Gasteiger partial charge is 0.397 e. The molecule has 0 amide bonds. The number of hydrogen-bond donors (Lipinski definition) is 2. The first-order valence-corrected chi connectivity index (χ1v) is 7.39. The van der Waals surface area contributed by atoms with Gasteiger partial charge in [-0.1, -0.05) is 6.07 Å². The van der Waals surface area contributed by atoms with E-state index in [9.17, 15) is 0 Å². The van der Waals surface area contributed by atoms with Gasteiger partial charge in [-0.2, -0.15) is 0 Å². The molecule has 0 radical (unpaired) electrons. The van der Waals surface area contributed by atoms with E-state index in [2.05, 4.69) is 20.7 Å². The van der Waals surface area contributed by atoms with Crippen molar-refractivity contribution in [3.63, 3.8) is 0 Å². The highest BCUT2D eigenvalue weighted by Crippen LogP contribution is 2.27. The maximum absolute atomic E-state index is 6.20. The van der Waals surface area contributed by atoms with E-state index < -0.39 is 0 Å². The zero-order chi connectivity index (χ0) is 13.9. The van der Waals surface area contributed by atoms with Crippen LogP contribution < -0.4 is 11.1 Å². The lowest BCUT2D eigenvalue weighted by atomic mass is 10.1. The topological polar surface area (TPSA) is 63.8 Å². The van der Waals surface area contributed by atoms with Crippen LogP contribution in [0.25, 0.3) is 10.8 Å². The van der Waals surface area contributed by atoms with Crippen LogP contribution in [0.15, 0.2) is 36.0 Å². The molecule has 0 aliphatic rings. The van der Waals surface area contributed by atoms with Gasteiger partial charge in [0, 0.05) is 41.5 Å². The monoisotopic (exact) mass is 284 g/mol. The molecule has 20 heavy (non-hydrogen) atoms. The first-order chi connectivity index (χ1) is 9.74. The van der Waals surface area contributed by atoms with Crippen molar-refractivity contribution in [3.8, 4) is 0 Å². The van der Waals surface area contributed by atoms with Crippen molar-refractivity contribution in [3.05, 3.63) is 46.7 Å². The highest BCUT2D eigenvalue weighted by atomic mass is 32.1. The summed E-state index contributed by atoms with van der Waals surface area (Å²) in [5.74, 6) is 0. The molecule has 2 aromatic heterocycles. The Morgan fingerprint density at radius 2 is 2.20 bits per heavy atom. The summed E-state index contributed by atoms with van der Waals surface area (Å²) < 4.78 is 0. The molecule has 3 aromatic rings. The second kappa shape index (κ2) is 5.46. The fourth-order valence-corrected chi connectivity index (χ4v) is 2.84. The maximum atomic E-state index is 6.20. The number of thiazole rings is 1. The molecule has 0 atom stereocenters. The number of nitrogens with one attached hydrogen (secondary N) is 1. The zero-order valence-corrected chi connectivity index (χ0v) is 12.1. The molecule has 0 fully saturated rings. The van der Waals surface area contributed by atoms with Gasteiger partial charge < -0.3 is 11.1 Å². The number of aryl methyl sites for hydroxylation is 1. The Kier molecular flexibility index (Phi) is 3.52. The Balaban J connectivity index is 1.73. The summed E-state index contributed by atoms with van der Waals surface area (Å²) in [6.45, 7) is 2.85. The molecule has 0 aliphatic carbocycles. The van der Waals surface area contributed by atoms with Crippen LogP contribution >= 0.6 is 11.3 Å². The summed E-state index contributed by atoms with van der Waals surface area (Å²) in [5.41, 5.74) is 9.07. The SMILES string of the molecule is Cc1nc(CCNc2ccc3cnccc3c2N)cs1. The van der Waals surface area contributed by atoms with Crippen LogP contribution in [-0.2, 0) is 6.42 Å². The molecular weight excluding hydrogens is 268 g/mol. The molecule has 2 heterocycles. The summed E-state index contributed by atoms with van der Waals surface area (Å²) in [7, 11) is 0. The number of anilines is 2. The van der Waals surface area contributed by atoms with Gasteiger partial charge >= 0.3 is 0 Å². The molecule has 5 heteroatoms. The van der Waals surface area contributed by atoms with Gasteiger partial charge in [0.15, 0.2) is 0 Å². The molecule has 0 bridgehead atoms. The lowest BCUT2D eigenvalue weighted by Gasteiger charge is -2.11. The number of hydrogen-bond acceptors (Lipinski definition) is 5. The van der Waals surface area contributed by atoms with Gasteiger partial charge in [0.1, 0.15) is 0 Å². The van der Waals surface area contributed by atoms with E-state index in [4.69, 9.17) is 5.73 Å². The van der Waals surface area contributed by atoms with Crippen molar-refractivity contribution < 1.29 is 0 Å². The molecular formula is C15H16N4S. The minimum Gasteiger partial charge on any atom is -0.397 e. The van der Waals surface area contributed by atoms with Crippen molar-refractivity contribution >= 4 is 33.5 Å². The standard InChI is InChI=1S/C15H16N4S/c1-10-19-12(9-20-10)4-7-18-14-3-2-11-8-17-6-5-13(11)15(14)16/h2-3,5-6,8-9,18H,4,7,16H2,1H3. The van der Waals surface area contributed by atoms with E-state index in [1.807, 2.05) is 31.3 Å². The molecule has 0 spiro atoms. The molecule has 0 saturated heterocycles. The van der Waals surface area contributed by atoms with Crippen LogP contribution in [0.2, 0.25) is 0 Å². The van der Waals surface area contributed by atoms with Crippen molar-refractivity contribution in [2.45, 2.75) is 13.3 Å². The fraction of sp³-hybridized carbons (Fsp3) is 0.200. The van der Waals surface area contributed by atoms with E-state index in [1.165, 1.54) is 0 Å². The predicted molar refractivity (Wildman–Crippen MR) is 85.2 cm³/mol. The first kappa shape index (κ1) is 12.9. The second-order valence-electron chi connectivity index (χ2n) is 4.66. The summed E-state index contributed by atoms with van der Waals surface area (Å²) in [6.07, 6.45) is 4.49. The van der Waals surface area contributed by atoms with Crippen LogP contribution in [0.3, 0.4) is 0 Å². The number of nitrogen functional groups attached to an aromatic ring is 1. The van der Waals surface area contributed by atoms with Crippen molar-refractivity contribution in [2.75, 3.05) is 17.6 Å². The van der Waals surface area contributed by atoms with E-state index in [1.54, 1.807) is 17.5 Å². The molecule has 0 aliphatic heterocycles. The number of nitrogens with zero attached hydrogens (tertiary/aromatic N) is 2. The van der Waals surface area contributed by atoms with E-state index in [0.29, 0.717) is 0 Å². The van der Waals surface area contributed by atoms with Gasteiger partial charge in [-0.3, -0.25) is 4.98 Å². The van der Waals surface area contributed by atoms with Gasteiger partial charge in [0.25, 0.3) is 0 Å². The Bertz CT molecular complexity index is 736. The van der Waals surface area contributed by atoms with Crippen molar-refractivity contribution in [1.82, 2.24) is 9.97 Å². The molecule has 1 aromatic carbocycles. The third-order valence-corrected chi connectivity index (χ3v) is 4.05. The van der Waals surface area contributed by atoms with E-state index in [-0.39, 0.29) is 0 Å². The van der Waals surface area contributed by atoms with E-state index in [0.717, 1.165) is 45.8 Å². The van der Waals surface area contributed by atoms with Crippen LogP contribution in [0.5, 0.6) is 0 Å². The molecule has 3 N–H and O–H groups in total. The van der Waals surface area contributed by atoms with Gasteiger partial charge in [-0.25, -0.2) is 4.98 Å². The first-order valence-electron chi connectivity index (χ1n) is 6.51. The molecule has 0 saturated carbocycles. The van der Waals surface area contributed by atoms with Gasteiger partial charge in [0.05, 0.1) is 22.1 Å². The van der Waals surface area contributed by atoms with Gasteiger partial charge in [-0.05, 0) is 19.1 Å². The van der Waals surface area contributed by atoms with Gasteiger partial charge in [-0.15, -0.1) is 11.3 Å². The highest BCUT2D eigenvalue weighted by Gasteiger charge is 2.04. The third kappa shape index (κ3) is 2.58. The number of nitrogens with two attached hydrogens (primary N) is 1. The predicted octanol–water partition coefficient (Wildman–Crippen LogP) is 3.24. The Labute approximate surface area is 121 Å². The Morgan fingerprint density at radius 3 is 3.00 bits per heavy atom. The summed E-state index contributed by atoms with van der Waals surface area (Å²) in [5, 5.41) is 8.69. The lowest BCUT2D eigenvalue weighted by molar-refractivity contribution is 0.969. The average molecular weight is 284 g/mol. The second-order valence-corrected chi connectivity index (χ2v) is 5.72. The van der Waals surface area contributed by atoms with Crippen LogP contribution in [0, 0.1) is 6.92 Å². The minimum absolute atomic E-state index is 0.777. The number of fused-ring (bicyclic) bond motifs is 1. The highest BCUT2D eigenvalue weighted by molar-refractivity contribution is 7.09. The van der Waals surface area contributed by atoms with Crippen LogP contribution in [-0.4, -0.2) is 16.5 Å². The smallest absolute Gasteiger partial charge is 0.0897 e. The quantitative estimate of drug-likeness (QED) is 0.722. The third-order valence-electron chi connectivity index (χ3n) is 3.22. The molecule has 4 nitrogen and oxygen atoms in total. The number of rotatable bonds is 4. The van der Waals surface area contributed by atoms with Crippen LogP contribution in [0.1, 0.15) is 10.7 Å². The lowest BCUT2D eigenvalue weighted by Crippen LogP contribution is -2.07. The maximum Gasteiger partial charge on any atom is 0.0897 e. The summed E-state index contributed by atoms with van der Waals surface area (Å²) >= 11 is 1.69. The molecule has 0 unspecified atom stereocenters. The Hall–Kier alpha value is -2.14. The molecule has 3 rings (SSSR count). The number of benzene rings is 1. The van der Waals surface area contributed by atoms with Crippen LogP contribution in [0.4, 0.5) is 11.4 Å². The average Bonchev–Trinajstić information content (AvgIpc) is 2.87. The fourth-order valence-electron chi connectivity index (χ4n) is 2.20. The zero-order valence-electron chi connectivity index (χ0n) is 11.3. The minimum atomic E-state index is 0.777. The van der Waals surface area contributed by atoms with E-state index >= 15 is 0 Å². The van der Waals surface area contributed by atoms with Crippen molar-refractivity contribution in [2.24, 2.45) is 0 Å². The summed E-state index contributed by atoms with van der Waals surface area (Å²) in [4.78, 5) is 8.56.